The molecule has 0 radical (unpaired) electrons. The first-order valence-electron chi connectivity index (χ1n) is 13.4. The Morgan fingerprint density at radius 1 is 1.05 bits per heavy atom. The van der Waals surface area contributed by atoms with Crippen molar-refractivity contribution >= 4 is 50.7 Å². The molecule has 4 rings (SSSR count). The second-order valence-electron chi connectivity index (χ2n) is 10.2. The van der Waals surface area contributed by atoms with E-state index in [1.165, 1.54) is 9.21 Å². The summed E-state index contributed by atoms with van der Waals surface area (Å²) in [4.78, 5) is 28.2. The fourth-order valence-corrected chi connectivity index (χ4v) is 6.42. The number of benzene rings is 2. The summed E-state index contributed by atoms with van der Waals surface area (Å²) in [5.41, 5.74) is 1.09. The third-order valence-corrected chi connectivity index (χ3v) is 8.97. The average molecular weight is 613 g/mol. The quantitative estimate of drug-likeness (QED) is 0.392. The Kier molecular flexibility index (Phi) is 10.1. The molecule has 1 aliphatic heterocycles. The van der Waals surface area contributed by atoms with Crippen molar-refractivity contribution in [3.8, 4) is 11.5 Å². The minimum Gasteiger partial charge on any atom is -0.486 e. The lowest BCUT2D eigenvalue weighted by molar-refractivity contribution is -0.140. The van der Waals surface area contributed by atoms with E-state index in [0.29, 0.717) is 46.0 Å². The van der Waals surface area contributed by atoms with Gasteiger partial charge in [0.05, 0.1) is 11.9 Å². The number of sulfonamides is 1. The molecule has 2 aliphatic rings. The largest absolute Gasteiger partial charge is 0.486 e. The van der Waals surface area contributed by atoms with Crippen molar-refractivity contribution in [1.29, 1.82) is 0 Å². The molecule has 218 valence electrons. The fraction of sp³-hybridized carbons (Fsp3) is 0.500. The molecule has 9 nitrogen and oxygen atoms in total. The van der Waals surface area contributed by atoms with Crippen molar-refractivity contribution in [2.24, 2.45) is 0 Å². The molecule has 1 aliphatic carbocycles. The van der Waals surface area contributed by atoms with Crippen molar-refractivity contribution in [3.63, 3.8) is 0 Å². The van der Waals surface area contributed by atoms with Crippen LogP contribution in [0.5, 0.6) is 11.5 Å². The van der Waals surface area contributed by atoms with Crippen LogP contribution in [-0.2, 0) is 26.2 Å². The van der Waals surface area contributed by atoms with Crippen LogP contribution in [0.3, 0.4) is 0 Å². The second kappa shape index (κ2) is 13.3. The standard InChI is InChI=1S/C28H35Cl2N3O6S/c1-19(28(35)31-22-6-3-4-7-22)32(18-20-9-10-21(29)16-24(20)30)27(34)8-5-13-33(40(2,36)37)23-11-12-25-26(17-23)39-15-14-38-25/h9-12,16-17,19,22H,3-8,13-15,18H2,1-2H3,(H,31,35)/t19-/m1/s1. The maximum atomic E-state index is 13.5. The minimum atomic E-state index is -3.65. The number of ether oxygens (including phenoxy) is 2. The van der Waals surface area contributed by atoms with E-state index in [1.54, 1.807) is 43.3 Å². The second-order valence-corrected chi connectivity index (χ2v) is 12.9. The SMILES string of the molecule is C[C@H](C(=O)NC1CCCC1)N(Cc1ccc(Cl)cc1Cl)C(=O)CCCN(c1ccc2c(c1)OCCO2)S(C)(=O)=O. The summed E-state index contributed by atoms with van der Waals surface area (Å²) < 4.78 is 37.7. The Labute approximate surface area is 245 Å². The van der Waals surface area contributed by atoms with Crippen LogP contribution < -0.4 is 19.1 Å². The maximum absolute atomic E-state index is 13.5. The maximum Gasteiger partial charge on any atom is 0.242 e. The highest BCUT2D eigenvalue weighted by atomic mass is 35.5. The van der Waals surface area contributed by atoms with Crippen LogP contribution >= 0.6 is 23.2 Å². The van der Waals surface area contributed by atoms with Crippen LogP contribution in [0.1, 0.15) is 51.0 Å². The number of amides is 2. The Morgan fingerprint density at radius 2 is 1.75 bits per heavy atom. The smallest absolute Gasteiger partial charge is 0.242 e. The van der Waals surface area contributed by atoms with E-state index in [4.69, 9.17) is 32.7 Å². The highest BCUT2D eigenvalue weighted by Gasteiger charge is 2.29. The molecule has 2 amide bonds. The van der Waals surface area contributed by atoms with Crippen molar-refractivity contribution in [3.05, 3.63) is 52.0 Å². The van der Waals surface area contributed by atoms with Crippen molar-refractivity contribution < 1.29 is 27.5 Å². The summed E-state index contributed by atoms with van der Waals surface area (Å²) in [5, 5.41) is 3.94. The van der Waals surface area contributed by atoms with Crippen LogP contribution in [0.2, 0.25) is 10.0 Å². The zero-order chi connectivity index (χ0) is 28.9. The highest BCUT2D eigenvalue weighted by molar-refractivity contribution is 7.92. The van der Waals surface area contributed by atoms with E-state index >= 15 is 0 Å². The van der Waals surface area contributed by atoms with Gasteiger partial charge in [-0.15, -0.1) is 0 Å². The van der Waals surface area contributed by atoms with Gasteiger partial charge in [-0.05, 0) is 56.0 Å². The Balaban J connectivity index is 1.47. The molecule has 1 fully saturated rings. The monoisotopic (exact) mass is 611 g/mol. The van der Waals surface area contributed by atoms with Crippen LogP contribution in [-0.4, -0.2) is 63.2 Å². The number of halogens is 2. The number of carbonyl (C=O) groups excluding carboxylic acids is 2. The summed E-state index contributed by atoms with van der Waals surface area (Å²) >= 11 is 12.5. The molecule has 2 aromatic rings. The molecule has 1 N–H and O–H groups in total. The summed E-state index contributed by atoms with van der Waals surface area (Å²) in [5.74, 6) is 0.525. The van der Waals surface area contributed by atoms with E-state index < -0.39 is 16.1 Å². The normalized spacial score (nSPS) is 15.9. The lowest BCUT2D eigenvalue weighted by Gasteiger charge is -2.30. The van der Waals surface area contributed by atoms with E-state index in [-0.39, 0.29) is 43.8 Å². The molecule has 12 heteroatoms. The molecular formula is C28H35Cl2N3O6S. The fourth-order valence-electron chi connectivity index (χ4n) is 5.00. The first-order chi connectivity index (χ1) is 19.0. The van der Waals surface area contributed by atoms with E-state index in [1.807, 2.05) is 0 Å². The van der Waals surface area contributed by atoms with Crippen LogP contribution in [0.4, 0.5) is 5.69 Å². The summed E-state index contributed by atoms with van der Waals surface area (Å²) in [6.45, 7) is 2.70. The van der Waals surface area contributed by atoms with Crippen molar-refractivity contribution in [2.45, 2.75) is 64.1 Å². The third kappa shape index (κ3) is 7.73. The van der Waals surface area contributed by atoms with Gasteiger partial charge in [0.15, 0.2) is 11.5 Å². The van der Waals surface area contributed by atoms with Crippen LogP contribution in [0, 0.1) is 0 Å². The Bertz CT molecular complexity index is 1330. The number of hydrogen-bond donors (Lipinski definition) is 1. The molecule has 0 spiro atoms. The topological polar surface area (TPSA) is 105 Å². The Morgan fingerprint density at radius 3 is 2.42 bits per heavy atom. The predicted octanol–water partition coefficient (Wildman–Crippen LogP) is 4.79. The lowest BCUT2D eigenvalue weighted by Crippen LogP contribution is -2.49. The highest BCUT2D eigenvalue weighted by Crippen LogP contribution is 2.35. The number of rotatable bonds is 11. The Hall–Kier alpha value is -2.69. The van der Waals surface area contributed by atoms with Gasteiger partial charge in [-0.2, -0.15) is 0 Å². The number of nitrogens with zero attached hydrogens (tertiary/aromatic N) is 2. The molecule has 0 aromatic heterocycles. The van der Waals surface area contributed by atoms with E-state index in [0.717, 1.165) is 31.9 Å². The number of hydrogen-bond acceptors (Lipinski definition) is 6. The summed E-state index contributed by atoms with van der Waals surface area (Å²) in [6.07, 6.45) is 5.39. The molecule has 1 atom stereocenters. The third-order valence-electron chi connectivity index (χ3n) is 7.19. The number of nitrogens with one attached hydrogen (secondary N) is 1. The van der Waals surface area contributed by atoms with Gasteiger partial charge < -0.3 is 19.7 Å². The van der Waals surface area contributed by atoms with Crippen molar-refractivity contribution in [2.75, 3.05) is 30.3 Å². The number of carbonyl (C=O) groups is 2. The number of fused-ring (bicyclic) bond motifs is 1. The molecule has 40 heavy (non-hydrogen) atoms. The summed E-state index contributed by atoms with van der Waals surface area (Å²) in [7, 11) is -3.65. The molecule has 0 unspecified atom stereocenters. The first kappa shape index (κ1) is 30.3. The molecular weight excluding hydrogens is 577 g/mol. The predicted molar refractivity (Wildman–Crippen MR) is 156 cm³/mol. The lowest BCUT2D eigenvalue weighted by atomic mass is 10.1. The van der Waals surface area contributed by atoms with Gasteiger partial charge in [-0.3, -0.25) is 13.9 Å². The zero-order valence-electron chi connectivity index (χ0n) is 22.7. The number of anilines is 1. The molecule has 0 saturated heterocycles. The van der Waals surface area contributed by atoms with E-state index in [9.17, 15) is 18.0 Å². The summed E-state index contributed by atoms with van der Waals surface area (Å²) in [6, 6.07) is 9.34. The van der Waals surface area contributed by atoms with Gasteiger partial charge in [-0.1, -0.05) is 42.1 Å². The van der Waals surface area contributed by atoms with Gasteiger partial charge in [0.2, 0.25) is 21.8 Å². The van der Waals surface area contributed by atoms with Gasteiger partial charge in [0, 0.05) is 41.7 Å². The molecule has 2 aromatic carbocycles. The zero-order valence-corrected chi connectivity index (χ0v) is 25.0. The van der Waals surface area contributed by atoms with Gasteiger partial charge in [0.1, 0.15) is 19.3 Å². The first-order valence-corrected chi connectivity index (χ1v) is 16.0. The molecule has 1 heterocycles. The van der Waals surface area contributed by atoms with Gasteiger partial charge in [0.25, 0.3) is 0 Å². The minimum absolute atomic E-state index is 0.0306. The molecule has 1 saturated carbocycles. The molecule has 0 bridgehead atoms. The van der Waals surface area contributed by atoms with Crippen LogP contribution in [0.15, 0.2) is 36.4 Å². The van der Waals surface area contributed by atoms with Gasteiger partial charge in [-0.25, -0.2) is 8.42 Å². The van der Waals surface area contributed by atoms with E-state index in [2.05, 4.69) is 5.32 Å². The van der Waals surface area contributed by atoms with Crippen LogP contribution in [0.25, 0.3) is 0 Å². The average Bonchev–Trinajstić information content (AvgIpc) is 3.42. The van der Waals surface area contributed by atoms with Crippen molar-refractivity contribution in [1.82, 2.24) is 10.2 Å². The van der Waals surface area contributed by atoms with Gasteiger partial charge >= 0.3 is 0 Å².